The van der Waals surface area contributed by atoms with Gasteiger partial charge in [-0.1, -0.05) is 17.7 Å². The van der Waals surface area contributed by atoms with E-state index in [2.05, 4.69) is 20.6 Å². The van der Waals surface area contributed by atoms with Crippen molar-refractivity contribution >= 4 is 29.0 Å². The summed E-state index contributed by atoms with van der Waals surface area (Å²) in [6.45, 7) is 5.03. The third kappa shape index (κ3) is 5.18. The van der Waals surface area contributed by atoms with Crippen molar-refractivity contribution in [2.75, 3.05) is 30.9 Å². The minimum Gasteiger partial charge on any atom is -0.385 e. The van der Waals surface area contributed by atoms with E-state index in [0.29, 0.717) is 41.2 Å². The van der Waals surface area contributed by atoms with Gasteiger partial charge in [0, 0.05) is 37.0 Å². The van der Waals surface area contributed by atoms with Gasteiger partial charge in [0.05, 0.1) is 0 Å². The minimum absolute atomic E-state index is 0.300. The molecule has 0 aliphatic rings. The van der Waals surface area contributed by atoms with Crippen LogP contribution in [0.25, 0.3) is 0 Å². The van der Waals surface area contributed by atoms with Crippen LogP contribution in [0.15, 0.2) is 24.3 Å². The lowest BCUT2D eigenvalue weighted by molar-refractivity contribution is 0.102. The summed E-state index contributed by atoms with van der Waals surface area (Å²) in [4.78, 5) is 21.0. The van der Waals surface area contributed by atoms with Crippen LogP contribution in [0, 0.1) is 13.8 Å². The first-order valence-electron chi connectivity index (χ1n) is 7.65. The smallest absolute Gasteiger partial charge is 0.274 e. The molecule has 7 heteroatoms. The first-order valence-corrected chi connectivity index (χ1v) is 8.03. The van der Waals surface area contributed by atoms with Gasteiger partial charge in [0.2, 0.25) is 0 Å². The lowest BCUT2D eigenvalue weighted by atomic mass is 10.2. The third-order valence-electron chi connectivity index (χ3n) is 3.35. The summed E-state index contributed by atoms with van der Waals surface area (Å²) in [6.07, 6.45) is 0.850. The number of amides is 1. The van der Waals surface area contributed by atoms with Crippen LogP contribution >= 0.6 is 11.6 Å². The molecule has 0 unspecified atom stereocenters. The summed E-state index contributed by atoms with van der Waals surface area (Å²) < 4.78 is 5.01. The van der Waals surface area contributed by atoms with E-state index in [9.17, 15) is 4.79 Å². The Labute approximate surface area is 146 Å². The minimum atomic E-state index is -0.300. The quantitative estimate of drug-likeness (QED) is 0.749. The molecular formula is C17H21ClN4O2. The number of hydrogen-bond acceptors (Lipinski definition) is 5. The molecule has 0 saturated heterocycles. The highest BCUT2D eigenvalue weighted by Gasteiger charge is 2.12. The molecular weight excluding hydrogens is 328 g/mol. The number of carbonyl (C=O) groups excluding carboxylic acids is 1. The van der Waals surface area contributed by atoms with E-state index >= 15 is 0 Å². The number of carbonyl (C=O) groups is 1. The highest BCUT2D eigenvalue weighted by Crippen LogP contribution is 2.21. The van der Waals surface area contributed by atoms with Crippen molar-refractivity contribution in [2.24, 2.45) is 0 Å². The highest BCUT2D eigenvalue weighted by molar-refractivity contribution is 6.31. The van der Waals surface area contributed by atoms with Crippen molar-refractivity contribution in [3.05, 3.63) is 46.4 Å². The fraction of sp³-hybridized carbons (Fsp3) is 0.353. The largest absolute Gasteiger partial charge is 0.385 e. The Balaban J connectivity index is 2.11. The summed E-state index contributed by atoms with van der Waals surface area (Å²) in [5, 5.41) is 6.57. The normalized spacial score (nSPS) is 10.5. The van der Waals surface area contributed by atoms with Crippen LogP contribution in [0.5, 0.6) is 0 Å². The van der Waals surface area contributed by atoms with E-state index in [1.54, 1.807) is 32.2 Å². The van der Waals surface area contributed by atoms with Gasteiger partial charge in [-0.25, -0.2) is 9.97 Å². The Morgan fingerprint density at radius 3 is 2.79 bits per heavy atom. The van der Waals surface area contributed by atoms with E-state index in [1.165, 1.54) is 0 Å². The Hall–Kier alpha value is -2.18. The van der Waals surface area contributed by atoms with Crippen LogP contribution in [0.1, 0.15) is 28.3 Å². The van der Waals surface area contributed by atoms with Gasteiger partial charge in [0.25, 0.3) is 5.91 Å². The maximum absolute atomic E-state index is 12.5. The lowest BCUT2D eigenvalue weighted by Crippen LogP contribution is -2.16. The Bertz CT molecular complexity index is 722. The van der Waals surface area contributed by atoms with Crippen LogP contribution in [0.3, 0.4) is 0 Å². The Morgan fingerprint density at radius 1 is 1.25 bits per heavy atom. The molecule has 2 rings (SSSR count). The zero-order valence-corrected chi connectivity index (χ0v) is 14.8. The fourth-order valence-electron chi connectivity index (χ4n) is 2.12. The summed E-state index contributed by atoms with van der Waals surface area (Å²) in [6, 6.07) is 6.98. The molecule has 0 aliphatic carbocycles. The predicted octanol–water partition coefficient (Wildman–Crippen LogP) is 3.45. The number of benzene rings is 1. The average molecular weight is 349 g/mol. The topological polar surface area (TPSA) is 76.1 Å². The second kappa shape index (κ2) is 8.61. The summed E-state index contributed by atoms with van der Waals surface area (Å²) in [5.41, 5.74) is 1.89. The second-order valence-electron chi connectivity index (χ2n) is 5.37. The molecule has 24 heavy (non-hydrogen) atoms. The van der Waals surface area contributed by atoms with Crippen molar-refractivity contribution in [1.82, 2.24) is 9.97 Å². The first kappa shape index (κ1) is 18.2. The van der Waals surface area contributed by atoms with Gasteiger partial charge in [-0.15, -0.1) is 0 Å². The maximum atomic E-state index is 12.5. The molecule has 1 aromatic heterocycles. The number of anilines is 2. The average Bonchev–Trinajstić information content (AvgIpc) is 2.54. The van der Waals surface area contributed by atoms with Gasteiger partial charge >= 0.3 is 0 Å². The van der Waals surface area contributed by atoms with E-state index < -0.39 is 0 Å². The molecule has 0 atom stereocenters. The van der Waals surface area contributed by atoms with Crippen LogP contribution in [0.2, 0.25) is 5.02 Å². The zero-order valence-electron chi connectivity index (χ0n) is 14.0. The van der Waals surface area contributed by atoms with E-state index in [1.807, 2.05) is 13.0 Å². The fourth-order valence-corrected chi connectivity index (χ4v) is 2.29. The highest BCUT2D eigenvalue weighted by atomic mass is 35.5. The summed E-state index contributed by atoms with van der Waals surface area (Å²) in [7, 11) is 1.66. The van der Waals surface area contributed by atoms with Crippen LogP contribution in [-0.2, 0) is 4.74 Å². The van der Waals surface area contributed by atoms with Crippen molar-refractivity contribution < 1.29 is 9.53 Å². The SMILES string of the molecule is COCCCNc1cc(C(=O)Nc2cc(Cl)ccc2C)nc(C)n1. The molecule has 2 aromatic rings. The molecule has 0 aliphatic heterocycles. The third-order valence-corrected chi connectivity index (χ3v) is 3.58. The second-order valence-corrected chi connectivity index (χ2v) is 5.81. The molecule has 2 N–H and O–H groups in total. The lowest BCUT2D eigenvalue weighted by Gasteiger charge is -2.10. The molecule has 0 fully saturated rings. The van der Waals surface area contributed by atoms with Gasteiger partial charge < -0.3 is 15.4 Å². The Morgan fingerprint density at radius 2 is 2.04 bits per heavy atom. The number of nitrogens with zero attached hydrogens (tertiary/aromatic N) is 2. The number of aromatic nitrogens is 2. The molecule has 0 spiro atoms. The number of nitrogens with one attached hydrogen (secondary N) is 2. The van der Waals surface area contributed by atoms with Crippen molar-refractivity contribution in [2.45, 2.75) is 20.3 Å². The van der Waals surface area contributed by atoms with E-state index in [4.69, 9.17) is 16.3 Å². The first-order chi connectivity index (χ1) is 11.5. The molecule has 1 aromatic carbocycles. The predicted molar refractivity (Wildman–Crippen MR) is 95.9 cm³/mol. The molecule has 128 valence electrons. The van der Waals surface area contributed by atoms with Crippen LogP contribution in [0.4, 0.5) is 11.5 Å². The van der Waals surface area contributed by atoms with Gasteiger partial charge in [0.1, 0.15) is 17.3 Å². The number of methoxy groups -OCH3 is 1. The van der Waals surface area contributed by atoms with Gasteiger partial charge in [-0.05, 0) is 38.0 Å². The van der Waals surface area contributed by atoms with E-state index in [-0.39, 0.29) is 5.91 Å². The summed E-state index contributed by atoms with van der Waals surface area (Å²) >= 11 is 5.98. The molecule has 0 radical (unpaired) electrons. The number of rotatable bonds is 7. The number of hydrogen-bond donors (Lipinski definition) is 2. The van der Waals surface area contributed by atoms with Crippen molar-refractivity contribution in [3.63, 3.8) is 0 Å². The van der Waals surface area contributed by atoms with Crippen molar-refractivity contribution in [1.29, 1.82) is 0 Å². The van der Waals surface area contributed by atoms with Crippen LogP contribution in [-0.4, -0.2) is 36.1 Å². The maximum Gasteiger partial charge on any atom is 0.274 e. The number of aryl methyl sites for hydroxylation is 2. The molecule has 1 heterocycles. The zero-order chi connectivity index (χ0) is 17.5. The van der Waals surface area contributed by atoms with Crippen molar-refractivity contribution in [3.8, 4) is 0 Å². The standard InChI is InChI=1S/C17H21ClN4O2/c1-11-5-6-13(18)9-14(11)22-17(23)15-10-16(21-12(2)20-15)19-7-4-8-24-3/h5-6,9-10H,4,7-8H2,1-3H3,(H,22,23)(H,19,20,21). The summed E-state index contributed by atoms with van der Waals surface area (Å²) in [5.74, 6) is 0.845. The number of ether oxygens (including phenoxy) is 1. The van der Waals surface area contributed by atoms with Gasteiger partial charge in [-0.3, -0.25) is 4.79 Å². The molecule has 0 saturated carbocycles. The van der Waals surface area contributed by atoms with Gasteiger partial charge in [-0.2, -0.15) is 0 Å². The van der Waals surface area contributed by atoms with Crippen LogP contribution < -0.4 is 10.6 Å². The molecule has 0 bridgehead atoms. The van der Waals surface area contributed by atoms with E-state index in [0.717, 1.165) is 12.0 Å². The Kier molecular flexibility index (Phi) is 6.52. The molecule has 6 nitrogen and oxygen atoms in total. The molecule has 1 amide bonds. The monoisotopic (exact) mass is 348 g/mol. The number of halogens is 1. The van der Waals surface area contributed by atoms with Gasteiger partial charge in [0.15, 0.2) is 0 Å².